The van der Waals surface area contributed by atoms with Crippen molar-refractivity contribution in [3.63, 3.8) is 0 Å². The smallest absolute Gasteiger partial charge is 0.261 e. The standard InChI is InChI=1S/C25H18IN3O2/c1-15-7-9-21-18(11-15)19(24(30)28-21)13-23-27-22-10-8-17(26)12-20(22)25(31)29(23)14-16-5-3-2-4-6-16/h2-13H,14H2,1H3,(H,28,30)/b19-13-. The lowest BCUT2D eigenvalue weighted by Gasteiger charge is -2.12. The number of hydrogen-bond acceptors (Lipinski definition) is 3. The summed E-state index contributed by atoms with van der Waals surface area (Å²) in [6.45, 7) is 2.36. The maximum Gasteiger partial charge on any atom is 0.261 e. The van der Waals surface area contributed by atoms with Gasteiger partial charge in [0.25, 0.3) is 11.5 Å². The quantitative estimate of drug-likeness (QED) is 0.311. The van der Waals surface area contributed by atoms with Gasteiger partial charge in [-0.05, 0) is 71.5 Å². The van der Waals surface area contributed by atoms with Gasteiger partial charge in [0.2, 0.25) is 0 Å². The van der Waals surface area contributed by atoms with E-state index in [4.69, 9.17) is 4.98 Å². The first-order valence-corrected chi connectivity index (χ1v) is 11.0. The normalized spacial score (nSPS) is 14.1. The van der Waals surface area contributed by atoms with E-state index in [-0.39, 0.29) is 11.5 Å². The topological polar surface area (TPSA) is 64.0 Å². The first-order chi connectivity index (χ1) is 15.0. The zero-order valence-corrected chi connectivity index (χ0v) is 18.9. The highest BCUT2D eigenvalue weighted by molar-refractivity contribution is 14.1. The van der Waals surface area contributed by atoms with Gasteiger partial charge in [-0.15, -0.1) is 0 Å². The second-order valence-electron chi connectivity index (χ2n) is 7.57. The second kappa shape index (κ2) is 7.77. The molecular weight excluding hydrogens is 501 g/mol. The van der Waals surface area contributed by atoms with Crippen LogP contribution in [0.5, 0.6) is 0 Å². The molecule has 4 aromatic rings. The van der Waals surface area contributed by atoms with Crippen molar-refractivity contribution in [3.8, 4) is 0 Å². The fraction of sp³-hybridized carbons (Fsp3) is 0.0800. The highest BCUT2D eigenvalue weighted by Gasteiger charge is 2.25. The maximum atomic E-state index is 13.5. The molecule has 1 amide bonds. The van der Waals surface area contributed by atoms with Crippen molar-refractivity contribution in [2.75, 3.05) is 5.32 Å². The van der Waals surface area contributed by atoms with E-state index in [9.17, 15) is 9.59 Å². The van der Waals surface area contributed by atoms with Crippen molar-refractivity contribution in [2.45, 2.75) is 13.5 Å². The van der Waals surface area contributed by atoms with E-state index in [1.165, 1.54) is 0 Å². The van der Waals surface area contributed by atoms with Gasteiger partial charge in [-0.25, -0.2) is 4.98 Å². The lowest BCUT2D eigenvalue weighted by atomic mass is 10.0. The number of fused-ring (bicyclic) bond motifs is 2. The van der Waals surface area contributed by atoms with Crippen LogP contribution in [0.1, 0.15) is 22.5 Å². The molecule has 1 aliphatic rings. The minimum Gasteiger partial charge on any atom is -0.321 e. The molecule has 0 saturated heterocycles. The van der Waals surface area contributed by atoms with E-state index in [1.54, 1.807) is 10.6 Å². The monoisotopic (exact) mass is 519 g/mol. The van der Waals surface area contributed by atoms with Gasteiger partial charge in [0, 0.05) is 14.8 Å². The van der Waals surface area contributed by atoms with Gasteiger partial charge in [0.05, 0.1) is 23.0 Å². The molecule has 2 heterocycles. The van der Waals surface area contributed by atoms with Gasteiger partial charge in [0.1, 0.15) is 5.82 Å². The van der Waals surface area contributed by atoms with E-state index < -0.39 is 0 Å². The Labute approximate surface area is 192 Å². The Balaban J connectivity index is 1.75. The molecule has 5 nitrogen and oxygen atoms in total. The summed E-state index contributed by atoms with van der Waals surface area (Å²) in [5.74, 6) is 0.269. The lowest BCUT2D eigenvalue weighted by Crippen LogP contribution is -2.25. The summed E-state index contributed by atoms with van der Waals surface area (Å²) in [6, 6.07) is 21.2. The van der Waals surface area contributed by atoms with E-state index >= 15 is 0 Å². The van der Waals surface area contributed by atoms with E-state index in [2.05, 4.69) is 27.9 Å². The first-order valence-electron chi connectivity index (χ1n) is 9.88. The van der Waals surface area contributed by atoms with Crippen LogP contribution in [0.25, 0.3) is 22.6 Å². The number of nitrogens with zero attached hydrogens (tertiary/aromatic N) is 2. The lowest BCUT2D eigenvalue weighted by molar-refractivity contribution is -0.110. The van der Waals surface area contributed by atoms with Crippen LogP contribution in [0.15, 0.2) is 71.5 Å². The molecule has 0 fully saturated rings. The number of nitrogens with one attached hydrogen (secondary N) is 1. The molecular formula is C25H18IN3O2. The molecule has 0 unspecified atom stereocenters. The summed E-state index contributed by atoms with van der Waals surface area (Å²) >= 11 is 2.19. The number of amides is 1. The van der Waals surface area contributed by atoms with Crippen LogP contribution in [0.2, 0.25) is 0 Å². The zero-order valence-electron chi connectivity index (χ0n) is 16.7. The van der Waals surface area contributed by atoms with Crippen LogP contribution in [0.4, 0.5) is 5.69 Å². The molecule has 0 spiro atoms. The Morgan fingerprint density at radius 1 is 1.03 bits per heavy atom. The van der Waals surface area contributed by atoms with E-state index in [1.807, 2.05) is 73.7 Å². The molecule has 0 radical (unpaired) electrons. The summed E-state index contributed by atoms with van der Waals surface area (Å²) in [6.07, 6.45) is 1.72. The van der Waals surface area contributed by atoms with Gasteiger partial charge in [-0.1, -0.05) is 42.0 Å². The molecule has 31 heavy (non-hydrogen) atoms. The van der Waals surface area contributed by atoms with Crippen molar-refractivity contribution in [1.29, 1.82) is 0 Å². The van der Waals surface area contributed by atoms with Crippen LogP contribution in [0, 0.1) is 10.5 Å². The molecule has 1 aliphatic heterocycles. The minimum atomic E-state index is -0.191. The molecule has 0 atom stereocenters. The predicted molar refractivity (Wildman–Crippen MR) is 132 cm³/mol. The van der Waals surface area contributed by atoms with Crippen LogP contribution >= 0.6 is 22.6 Å². The third-order valence-corrected chi connectivity index (χ3v) is 6.03. The number of aryl methyl sites for hydroxylation is 1. The fourth-order valence-electron chi connectivity index (χ4n) is 3.81. The summed E-state index contributed by atoms with van der Waals surface area (Å²) in [5, 5.41) is 3.47. The van der Waals surface area contributed by atoms with Crippen LogP contribution in [-0.2, 0) is 11.3 Å². The summed E-state index contributed by atoms with van der Waals surface area (Å²) in [4.78, 5) is 30.9. The summed E-state index contributed by atoms with van der Waals surface area (Å²) in [7, 11) is 0. The fourth-order valence-corrected chi connectivity index (χ4v) is 4.30. The van der Waals surface area contributed by atoms with Crippen LogP contribution in [-0.4, -0.2) is 15.5 Å². The number of halogens is 1. The van der Waals surface area contributed by atoms with Crippen molar-refractivity contribution < 1.29 is 4.79 Å². The number of rotatable bonds is 3. The second-order valence-corrected chi connectivity index (χ2v) is 8.82. The third kappa shape index (κ3) is 3.67. The molecule has 152 valence electrons. The first kappa shape index (κ1) is 19.7. The van der Waals surface area contributed by atoms with E-state index in [0.717, 1.165) is 25.9 Å². The minimum absolute atomic E-state index is 0.123. The average Bonchev–Trinajstić information content (AvgIpc) is 3.06. The van der Waals surface area contributed by atoms with Gasteiger partial charge >= 0.3 is 0 Å². The molecule has 6 heteroatoms. The summed E-state index contributed by atoms with van der Waals surface area (Å²) in [5.41, 5.74) is 4.65. The Kier molecular flexibility index (Phi) is 4.94. The van der Waals surface area contributed by atoms with Crippen molar-refractivity contribution >= 4 is 56.7 Å². The number of carbonyl (C=O) groups excluding carboxylic acids is 1. The van der Waals surface area contributed by atoms with Gasteiger partial charge < -0.3 is 5.32 Å². The largest absolute Gasteiger partial charge is 0.321 e. The van der Waals surface area contributed by atoms with Crippen molar-refractivity contribution in [3.05, 3.63) is 103 Å². The SMILES string of the molecule is Cc1ccc2c(c1)/C(=C/c1nc3ccc(I)cc3c(=O)n1Cc1ccccc1)C(=O)N2. The summed E-state index contributed by atoms with van der Waals surface area (Å²) < 4.78 is 2.61. The highest BCUT2D eigenvalue weighted by Crippen LogP contribution is 2.33. The Hall–Kier alpha value is -3.26. The number of aromatic nitrogens is 2. The molecule has 0 aliphatic carbocycles. The molecule has 1 N–H and O–H groups in total. The molecule has 3 aromatic carbocycles. The molecule has 0 bridgehead atoms. The predicted octanol–water partition coefficient (Wildman–Crippen LogP) is 4.85. The zero-order chi connectivity index (χ0) is 21.5. The number of benzene rings is 3. The number of anilines is 1. The Morgan fingerprint density at radius 3 is 2.65 bits per heavy atom. The Morgan fingerprint density at radius 2 is 1.84 bits per heavy atom. The van der Waals surface area contributed by atoms with Crippen molar-refractivity contribution in [1.82, 2.24) is 9.55 Å². The molecule has 1 aromatic heterocycles. The Bertz CT molecular complexity index is 1440. The van der Waals surface area contributed by atoms with Gasteiger partial charge in [0.15, 0.2) is 0 Å². The molecule has 5 rings (SSSR count). The number of carbonyl (C=O) groups is 1. The molecule has 0 saturated carbocycles. The third-order valence-electron chi connectivity index (χ3n) is 5.36. The van der Waals surface area contributed by atoms with Gasteiger partial charge in [-0.2, -0.15) is 0 Å². The van der Waals surface area contributed by atoms with E-state index in [0.29, 0.717) is 28.8 Å². The maximum absolute atomic E-state index is 13.5. The van der Waals surface area contributed by atoms with Crippen LogP contribution in [0.3, 0.4) is 0 Å². The number of hydrogen-bond donors (Lipinski definition) is 1. The van der Waals surface area contributed by atoms with Crippen LogP contribution < -0.4 is 10.9 Å². The average molecular weight is 519 g/mol. The van der Waals surface area contributed by atoms with Gasteiger partial charge in [-0.3, -0.25) is 14.2 Å². The highest BCUT2D eigenvalue weighted by atomic mass is 127. The van der Waals surface area contributed by atoms with Crippen molar-refractivity contribution in [2.24, 2.45) is 0 Å².